The molecule has 2 aliphatic heterocycles. The first-order valence-corrected chi connectivity index (χ1v) is 5.47. The predicted molar refractivity (Wildman–Crippen MR) is 45.6 cm³/mol. The van der Waals surface area contributed by atoms with Gasteiger partial charge in [-0.1, -0.05) is 0 Å². The molecule has 0 aromatic rings. The van der Waals surface area contributed by atoms with Gasteiger partial charge in [0.25, 0.3) is 0 Å². The Kier molecular flexibility index (Phi) is 1.85. The number of nitrogens with one attached hydrogen (secondary N) is 1. The van der Waals surface area contributed by atoms with E-state index in [2.05, 4.69) is 5.32 Å². The van der Waals surface area contributed by atoms with Gasteiger partial charge >= 0.3 is 0 Å². The van der Waals surface area contributed by atoms with Crippen LogP contribution in [0.1, 0.15) is 0 Å². The molecule has 2 fully saturated rings. The number of hydrogen-bond donors (Lipinski definition) is 1. The Morgan fingerprint density at radius 1 is 1.09 bits per heavy atom. The first kappa shape index (κ1) is 7.49. The number of hydrogen-bond acceptors (Lipinski definition) is 4. The summed E-state index contributed by atoms with van der Waals surface area (Å²) in [4.78, 5) is 22.1. The number of thioether (sulfide) groups is 2. The lowest BCUT2D eigenvalue weighted by Crippen LogP contribution is -2.27. The zero-order valence-corrected chi connectivity index (χ0v) is 7.33. The van der Waals surface area contributed by atoms with E-state index in [9.17, 15) is 9.59 Å². The summed E-state index contributed by atoms with van der Waals surface area (Å²) in [5.74, 6) is 1.76. The van der Waals surface area contributed by atoms with Gasteiger partial charge in [0, 0.05) is 11.5 Å². The molecule has 0 radical (unpaired) electrons. The molecule has 2 aliphatic rings. The van der Waals surface area contributed by atoms with Crippen LogP contribution in [0.4, 0.5) is 0 Å². The van der Waals surface area contributed by atoms with Crippen molar-refractivity contribution in [2.75, 3.05) is 11.5 Å². The van der Waals surface area contributed by atoms with Gasteiger partial charge in [-0.15, -0.1) is 23.5 Å². The standard InChI is InChI=1S/C6H7NO2S2/c8-5-3-4(6(9)7-5)11-2-1-10-3/h3-4H,1-2H2,(H,7,8,9)/t3-,4-/m0/s1. The number of carbonyl (C=O) groups is 2. The molecule has 60 valence electrons. The lowest BCUT2D eigenvalue weighted by molar-refractivity contribution is -0.124. The van der Waals surface area contributed by atoms with Gasteiger partial charge in [-0.25, -0.2) is 0 Å². The summed E-state index contributed by atoms with van der Waals surface area (Å²) in [5.41, 5.74) is 0. The smallest absolute Gasteiger partial charge is 0.241 e. The highest BCUT2D eigenvalue weighted by Crippen LogP contribution is 2.34. The molecule has 0 unspecified atom stereocenters. The van der Waals surface area contributed by atoms with Crippen LogP contribution in [-0.2, 0) is 9.59 Å². The average Bonchev–Trinajstić information content (AvgIpc) is 2.30. The van der Waals surface area contributed by atoms with Crippen molar-refractivity contribution in [1.82, 2.24) is 5.32 Å². The molecule has 5 heteroatoms. The maximum absolute atomic E-state index is 11.1. The molecule has 2 heterocycles. The van der Waals surface area contributed by atoms with E-state index in [1.165, 1.54) is 0 Å². The van der Waals surface area contributed by atoms with Gasteiger partial charge in [-0.3, -0.25) is 14.9 Å². The fourth-order valence-electron chi connectivity index (χ4n) is 1.21. The monoisotopic (exact) mass is 189 g/mol. The van der Waals surface area contributed by atoms with Gasteiger partial charge in [0.1, 0.15) is 10.5 Å². The zero-order valence-electron chi connectivity index (χ0n) is 5.70. The molecule has 2 atom stereocenters. The highest BCUT2D eigenvalue weighted by molar-refractivity contribution is 8.08. The summed E-state index contributed by atoms with van der Waals surface area (Å²) >= 11 is 3.18. The number of fused-ring (bicyclic) bond motifs is 1. The highest BCUT2D eigenvalue weighted by Gasteiger charge is 2.43. The topological polar surface area (TPSA) is 46.2 Å². The van der Waals surface area contributed by atoms with Crippen LogP contribution in [0.15, 0.2) is 0 Å². The molecule has 0 bridgehead atoms. The van der Waals surface area contributed by atoms with E-state index in [0.717, 1.165) is 11.5 Å². The fourth-order valence-corrected chi connectivity index (χ4v) is 3.98. The first-order valence-electron chi connectivity index (χ1n) is 3.37. The summed E-state index contributed by atoms with van der Waals surface area (Å²) in [6.07, 6.45) is 0. The summed E-state index contributed by atoms with van der Waals surface area (Å²) in [5, 5.41) is 2.12. The highest BCUT2D eigenvalue weighted by atomic mass is 32.2. The third-order valence-electron chi connectivity index (χ3n) is 1.72. The number of carbonyl (C=O) groups excluding carboxylic acids is 2. The maximum Gasteiger partial charge on any atom is 0.241 e. The van der Waals surface area contributed by atoms with Crippen molar-refractivity contribution in [3.8, 4) is 0 Å². The molecule has 0 spiro atoms. The molecular formula is C6H7NO2S2. The number of amides is 2. The van der Waals surface area contributed by atoms with E-state index in [4.69, 9.17) is 0 Å². The summed E-state index contributed by atoms with van der Waals surface area (Å²) in [6, 6.07) is 0. The molecule has 0 saturated carbocycles. The normalized spacial score (nSPS) is 36.7. The van der Waals surface area contributed by atoms with Crippen molar-refractivity contribution in [3.05, 3.63) is 0 Å². The maximum atomic E-state index is 11.1. The largest absolute Gasteiger partial charge is 0.294 e. The van der Waals surface area contributed by atoms with Gasteiger partial charge in [0.2, 0.25) is 11.8 Å². The van der Waals surface area contributed by atoms with E-state index < -0.39 is 0 Å². The van der Waals surface area contributed by atoms with Gasteiger partial charge in [0.15, 0.2) is 0 Å². The van der Waals surface area contributed by atoms with E-state index in [0.29, 0.717) is 0 Å². The molecule has 0 aromatic carbocycles. The SMILES string of the molecule is O=C1NC(=O)[C@H]2SCCS[C@H]12. The van der Waals surface area contributed by atoms with Crippen LogP contribution in [0.25, 0.3) is 0 Å². The van der Waals surface area contributed by atoms with Crippen LogP contribution < -0.4 is 5.32 Å². The number of imide groups is 1. The Balaban J connectivity index is 2.19. The molecular weight excluding hydrogens is 182 g/mol. The minimum atomic E-state index is -0.110. The minimum Gasteiger partial charge on any atom is -0.294 e. The van der Waals surface area contributed by atoms with Gasteiger partial charge < -0.3 is 0 Å². The van der Waals surface area contributed by atoms with Crippen molar-refractivity contribution in [2.45, 2.75) is 10.5 Å². The predicted octanol–water partition coefficient (Wildman–Crippen LogP) is -0.140. The minimum absolute atomic E-state index is 0.0998. The van der Waals surface area contributed by atoms with Crippen LogP contribution in [-0.4, -0.2) is 33.8 Å². The van der Waals surface area contributed by atoms with Crippen molar-refractivity contribution < 1.29 is 9.59 Å². The lowest BCUT2D eigenvalue weighted by Gasteiger charge is -2.19. The van der Waals surface area contributed by atoms with Crippen molar-refractivity contribution in [3.63, 3.8) is 0 Å². The lowest BCUT2D eigenvalue weighted by atomic mass is 10.3. The summed E-state index contributed by atoms with van der Waals surface area (Å²) in [6.45, 7) is 0. The van der Waals surface area contributed by atoms with Gasteiger partial charge in [-0.05, 0) is 0 Å². The second kappa shape index (κ2) is 2.71. The van der Waals surface area contributed by atoms with Crippen molar-refractivity contribution in [2.24, 2.45) is 0 Å². The summed E-state index contributed by atoms with van der Waals surface area (Å²) in [7, 11) is 0. The Morgan fingerprint density at radius 3 is 2.00 bits per heavy atom. The Morgan fingerprint density at radius 2 is 1.55 bits per heavy atom. The second-order valence-electron chi connectivity index (χ2n) is 2.44. The van der Waals surface area contributed by atoms with Gasteiger partial charge in [0.05, 0.1) is 0 Å². The zero-order chi connectivity index (χ0) is 7.84. The van der Waals surface area contributed by atoms with E-state index >= 15 is 0 Å². The molecule has 2 saturated heterocycles. The third-order valence-corrected chi connectivity index (χ3v) is 4.72. The average molecular weight is 189 g/mol. The Labute approximate surface area is 72.7 Å². The molecule has 1 N–H and O–H groups in total. The summed E-state index contributed by atoms with van der Waals surface area (Å²) < 4.78 is 0. The van der Waals surface area contributed by atoms with E-state index in [1.54, 1.807) is 23.5 Å². The quantitative estimate of drug-likeness (QED) is 0.539. The third kappa shape index (κ3) is 1.16. The van der Waals surface area contributed by atoms with Crippen LogP contribution in [0.2, 0.25) is 0 Å². The Bertz CT molecular complexity index is 197. The number of rotatable bonds is 0. The van der Waals surface area contributed by atoms with Crippen LogP contribution >= 0.6 is 23.5 Å². The van der Waals surface area contributed by atoms with E-state index in [1.807, 2.05) is 0 Å². The van der Waals surface area contributed by atoms with Crippen molar-refractivity contribution in [1.29, 1.82) is 0 Å². The van der Waals surface area contributed by atoms with Crippen molar-refractivity contribution >= 4 is 35.3 Å². The Hall–Kier alpha value is -0.160. The second-order valence-corrected chi connectivity index (χ2v) is 4.94. The fraction of sp³-hybridized carbons (Fsp3) is 0.667. The molecule has 2 rings (SSSR count). The van der Waals surface area contributed by atoms with E-state index in [-0.39, 0.29) is 22.3 Å². The van der Waals surface area contributed by atoms with Crippen LogP contribution in [0.3, 0.4) is 0 Å². The molecule has 0 aliphatic carbocycles. The first-order chi connectivity index (χ1) is 5.29. The molecule has 3 nitrogen and oxygen atoms in total. The molecule has 2 amide bonds. The van der Waals surface area contributed by atoms with Crippen LogP contribution in [0.5, 0.6) is 0 Å². The molecule has 11 heavy (non-hydrogen) atoms. The molecule has 0 aromatic heterocycles. The van der Waals surface area contributed by atoms with Crippen LogP contribution in [0, 0.1) is 0 Å². The van der Waals surface area contributed by atoms with Gasteiger partial charge in [-0.2, -0.15) is 0 Å².